The Labute approximate surface area is 108 Å². The smallest absolute Gasteiger partial charge is 0.0395 e. The molecule has 0 saturated carbocycles. The molecule has 1 aromatic rings. The SMILES string of the molecule is Cc1ccc(CC(NN)C2(C)CCCS2)cc1. The second-order valence-electron chi connectivity index (χ2n) is 5.17. The van der Waals surface area contributed by atoms with Crippen LogP contribution in [-0.2, 0) is 6.42 Å². The van der Waals surface area contributed by atoms with Gasteiger partial charge in [-0.25, -0.2) is 0 Å². The van der Waals surface area contributed by atoms with Crippen molar-refractivity contribution in [3.05, 3.63) is 35.4 Å². The number of rotatable bonds is 4. The second-order valence-corrected chi connectivity index (χ2v) is 6.80. The van der Waals surface area contributed by atoms with Crippen LogP contribution in [0.3, 0.4) is 0 Å². The highest BCUT2D eigenvalue weighted by Gasteiger charge is 2.37. The summed E-state index contributed by atoms with van der Waals surface area (Å²) in [5.74, 6) is 7.02. The molecule has 1 aliphatic rings. The molecular formula is C14H22N2S. The standard InChI is InChI=1S/C14H22N2S/c1-11-4-6-12(7-5-11)10-13(16-15)14(2)8-3-9-17-14/h4-7,13,16H,3,8-10,15H2,1-2H3. The minimum atomic E-state index is 0.291. The third-order valence-corrected chi connectivity index (χ3v) is 5.39. The highest BCUT2D eigenvalue weighted by Crippen LogP contribution is 2.41. The van der Waals surface area contributed by atoms with Gasteiger partial charge in [0.05, 0.1) is 0 Å². The molecule has 0 radical (unpaired) electrons. The van der Waals surface area contributed by atoms with Crippen LogP contribution in [0.4, 0.5) is 0 Å². The number of nitrogens with one attached hydrogen (secondary N) is 1. The summed E-state index contributed by atoms with van der Waals surface area (Å²) in [4.78, 5) is 0. The number of aryl methyl sites for hydroxylation is 1. The third-order valence-electron chi connectivity index (χ3n) is 3.75. The molecule has 0 aromatic heterocycles. The highest BCUT2D eigenvalue weighted by molar-refractivity contribution is 8.00. The number of thioether (sulfide) groups is 1. The second kappa shape index (κ2) is 5.42. The molecule has 3 N–H and O–H groups in total. The predicted molar refractivity (Wildman–Crippen MR) is 76.1 cm³/mol. The van der Waals surface area contributed by atoms with Crippen molar-refractivity contribution in [3.63, 3.8) is 0 Å². The maximum Gasteiger partial charge on any atom is 0.0395 e. The Bertz CT molecular complexity index is 355. The molecule has 17 heavy (non-hydrogen) atoms. The molecule has 1 aliphatic heterocycles. The van der Waals surface area contributed by atoms with Crippen molar-refractivity contribution < 1.29 is 0 Å². The van der Waals surface area contributed by atoms with Crippen molar-refractivity contribution in [3.8, 4) is 0 Å². The van der Waals surface area contributed by atoms with Crippen molar-refractivity contribution in [2.24, 2.45) is 5.84 Å². The van der Waals surface area contributed by atoms with Crippen LogP contribution in [0, 0.1) is 6.92 Å². The number of hydrazine groups is 1. The first-order valence-electron chi connectivity index (χ1n) is 6.30. The minimum absolute atomic E-state index is 0.291. The Morgan fingerprint density at radius 2 is 2.12 bits per heavy atom. The molecule has 1 fully saturated rings. The third kappa shape index (κ3) is 3.03. The number of hydrogen-bond donors (Lipinski definition) is 2. The first kappa shape index (κ1) is 12.9. The summed E-state index contributed by atoms with van der Waals surface area (Å²) in [5, 5.41) is 0. The van der Waals surface area contributed by atoms with E-state index in [1.54, 1.807) is 0 Å². The van der Waals surface area contributed by atoms with E-state index in [4.69, 9.17) is 5.84 Å². The van der Waals surface area contributed by atoms with E-state index in [1.165, 1.54) is 29.7 Å². The van der Waals surface area contributed by atoms with Crippen molar-refractivity contribution in [1.82, 2.24) is 5.43 Å². The van der Waals surface area contributed by atoms with Gasteiger partial charge in [-0.05, 0) is 44.4 Å². The molecule has 1 saturated heterocycles. The average molecular weight is 250 g/mol. The van der Waals surface area contributed by atoms with Crippen molar-refractivity contribution in [1.29, 1.82) is 0 Å². The van der Waals surface area contributed by atoms with E-state index in [1.807, 2.05) is 0 Å². The average Bonchev–Trinajstić information content (AvgIpc) is 2.76. The van der Waals surface area contributed by atoms with Crippen molar-refractivity contribution in [2.75, 3.05) is 5.75 Å². The Hall–Kier alpha value is -0.510. The Morgan fingerprint density at radius 1 is 1.41 bits per heavy atom. The number of benzene rings is 1. The molecular weight excluding hydrogens is 228 g/mol. The summed E-state index contributed by atoms with van der Waals surface area (Å²) in [7, 11) is 0. The fourth-order valence-electron chi connectivity index (χ4n) is 2.49. The van der Waals surface area contributed by atoms with Crippen molar-refractivity contribution in [2.45, 2.75) is 43.9 Å². The highest BCUT2D eigenvalue weighted by atomic mass is 32.2. The molecule has 0 spiro atoms. The van der Waals surface area contributed by atoms with E-state index in [0.717, 1.165) is 6.42 Å². The van der Waals surface area contributed by atoms with Crippen LogP contribution in [0.25, 0.3) is 0 Å². The van der Waals surface area contributed by atoms with Gasteiger partial charge in [-0.3, -0.25) is 11.3 Å². The van der Waals surface area contributed by atoms with E-state index in [9.17, 15) is 0 Å². The molecule has 0 aliphatic carbocycles. The summed E-state index contributed by atoms with van der Waals surface area (Å²) < 4.78 is 0.291. The topological polar surface area (TPSA) is 38.0 Å². The summed E-state index contributed by atoms with van der Waals surface area (Å²) in [6.07, 6.45) is 3.59. The van der Waals surface area contributed by atoms with Crippen LogP contribution >= 0.6 is 11.8 Å². The van der Waals surface area contributed by atoms with Crippen LogP contribution in [0.5, 0.6) is 0 Å². The Morgan fingerprint density at radius 3 is 2.65 bits per heavy atom. The molecule has 94 valence electrons. The Kier molecular flexibility index (Phi) is 4.13. The van der Waals surface area contributed by atoms with Gasteiger partial charge in [0.1, 0.15) is 0 Å². The summed E-state index contributed by atoms with van der Waals surface area (Å²) in [6.45, 7) is 4.46. The summed E-state index contributed by atoms with van der Waals surface area (Å²) in [6, 6.07) is 9.13. The lowest BCUT2D eigenvalue weighted by Crippen LogP contribution is -2.49. The molecule has 1 aromatic carbocycles. The van der Waals surface area contributed by atoms with Crippen LogP contribution in [0.15, 0.2) is 24.3 Å². The lowest BCUT2D eigenvalue weighted by Gasteiger charge is -2.33. The van der Waals surface area contributed by atoms with E-state index in [-0.39, 0.29) is 0 Å². The van der Waals surface area contributed by atoms with Gasteiger partial charge in [0.25, 0.3) is 0 Å². The molecule has 1 heterocycles. The molecule has 2 unspecified atom stereocenters. The van der Waals surface area contributed by atoms with Crippen molar-refractivity contribution >= 4 is 11.8 Å². The number of hydrogen-bond acceptors (Lipinski definition) is 3. The summed E-state index contributed by atoms with van der Waals surface area (Å²) >= 11 is 2.06. The lowest BCUT2D eigenvalue weighted by molar-refractivity contribution is 0.405. The zero-order valence-corrected chi connectivity index (χ0v) is 11.5. The molecule has 3 heteroatoms. The first-order chi connectivity index (χ1) is 8.14. The van der Waals surface area contributed by atoms with Gasteiger partial charge in [-0.15, -0.1) is 0 Å². The maximum atomic E-state index is 5.75. The van der Waals surface area contributed by atoms with Crippen LogP contribution in [0.1, 0.15) is 30.9 Å². The lowest BCUT2D eigenvalue weighted by atomic mass is 9.91. The molecule has 0 amide bonds. The zero-order chi connectivity index (χ0) is 12.3. The fraction of sp³-hybridized carbons (Fsp3) is 0.571. The quantitative estimate of drug-likeness (QED) is 0.637. The van der Waals surface area contributed by atoms with Gasteiger partial charge in [0.2, 0.25) is 0 Å². The van der Waals surface area contributed by atoms with Gasteiger partial charge in [0.15, 0.2) is 0 Å². The summed E-state index contributed by atoms with van der Waals surface area (Å²) in [5.41, 5.74) is 5.71. The van der Waals surface area contributed by atoms with Crippen LogP contribution in [-0.4, -0.2) is 16.5 Å². The van der Waals surface area contributed by atoms with E-state index in [0.29, 0.717) is 10.8 Å². The van der Waals surface area contributed by atoms with Crippen LogP contribution in [0.2, 0.25) is 0 Å². The van der Waals surface area contributed by atoms with Gasteiger partial charge in [0, 0.05) is 10.8 Å². The fourth-order valence-corrected chi connectivity index (χ4v) is 3.88. The van der Waals surface area contributed by atoms with Gasteiger partial charge in [-0.2, -0.15) is 11.8 Å². The largest absolute Gasteiger partial charge is 0.271 e. The zero-order valence-electron chi connectivity index (χ0n) is 10.7. The Balaban J connectivity index is 2.06. The maximum absolute atomic E-state index is 5.75. The normalized spacial score (nSPS) is 26.1. The van der Waals surface area contributed by atoms with E-state index in [2.05, 4.69) is 55.3 Å². The van der Waals surface area contributed by atoms with E-state index >= 15 is 0 Å². The van der Waals surface area contributed by atoms with Crippen LogP contribution < -0.4 is 11.3 Å². The number of nitrogens with two attached hydrogens (primary N) is 1. The van der Waals surface area contributed by atoms with Gasteiger partial charge >= 0.3 is 0 Å². The monoisotopic (exact) mass is 250 g/mol. The minimum Gasteiger partial charge on any atom is -0.271 e. The van der Waals surface area contributed by atoms with Gasteiger partial charge < -0.3 is 0 Å². The molecule has 2 atom stereocenters. The van der Waals surface area contributed by atoms with E-state index < -0.39 is 0 Å². The first-order valence-corrected chi connectivity index (χ1v) is 7.28. The van der Waals surface area contributed by atoms with Gasteiger partial charge in [-0.1, -0.05) is 29.8 Å². The molecule has 2 rings (SSSR count). The molecule has 2 nitrogen and oxygen atoms in total. The molecule has 0 bridgehead atoms. The predicted octanol–water partition coefficient (Wildman–Crippen LogP) is 2.66.